The molecule has 0 aliphatic rings. The lowest BCUT2D eigenvalue weighted by Gasteiger charge is -2.14. The van der Waals surface area contributed by atoms with Gasteiger partial charge in [0.2, 0.25) is 0 Å². The molecule has 0 radical (unpaired) electrons. The van der Waals surface area contributed by atoms with E-state index in [-0.39, 0.29) is 0 Å². The van der Waals surface area contributed by atoms with Gasteiger partial charge in [0.25, 0.3) is 0 Å². The number of hydrogen-bond donors (Lipinski definition) is 1. The Bertz CT molecular complexity index is 295. The number of nitrogens with one attached hydrogen (secondary N) is 1. The summed E-state index contributed by atoms with van der Waals surface area (Å²) in [5, 5.41) is 3.46. The Kier molecular flexibility index (Phi) is 5.99. The highest BCUT2D eigenvalue weighted by atomic mass is 79.9. The summed E-state index contributed by atoms with van der Waals surface area (Å²) in [7, 11) is 0. The highest BCUT2D eigenvalue weighted by Gasteiger charge is 2.04. The molecule has 16 heavy (non-hydrogen) atoms. The van der Waals surface area contributed by atoms with Gasteiger partial charge < -0.3 is 5.32 Å². The molecule has 0 saturated carbocycles. The number of aromatic nitrogens is 1. The molecule has 1 atom stereocenters. The van der Waals surface area contributed by atoms with Crippen LogP contribution in [0.5, 0.6) is 0 Å². The standard InChI is InChI=1S/C13H21BrN2/c1-10(2)15-8-11(3)4-6-13-7-5-12(14)9-16-13/h5,7,9-11,15H,4,6,8H2,1-3H3. The molecule has 1 heterocycles. The second-order valence-electron chi connectivity index (χ2n) is 4.67. The fourth-order valence-electron chi connectivity index (χ4n) is 1.49. The topological polar surface area (TPSA) is 24.9 Å². The zero-order valence-corrected chi connectivity index (χ0v) is 11.9. The molecule has 0 aromatic carbocycles. The van der Waals surface area contributed by atoms with Crippen LogP contribution in [0.15, 0.2) is 22.8 Å². The van der Waals surface area contributed by atoms with Crippen LogP contribution in [-0.4, -0.2) is 17.6 Å². The predicted molar refractivity (Wildman–Crippen MR) is 72.6 cm³/mol. The van der Waals surface area contributed by atoms with Gasteiger partial charge in [-0.15, -0.1) is 0 Å². The molecule has 3 heteroatoms. The van der Waals surface area contributed by atoms with E-state index >= 15 is 0 Å². The Hall–Kier alpha value is -0.410. The molecule has 1 unspecified atom stereocenters. The number of hydrogen-bond acceptors (Lipinski definition) is 2. The van der Waals surface area contributed by atoms with Crippen molar-refractivity contribution in [3.63, 3.8) is 0 Å². The van der Waals surface area contributed by atoms with Crippen molar-refractivity contribution in [2.24, 2.45) is 5.92 Å². The first-order valence-corrected chi connectivity index (χ1v) is 6.71. The van der Waals surface area contributed by atoms with Gasteiger partial charge in [0, 0.05) is 22.4 Å². The molecular formula is C13H21BrN2. The van der Waals surface area contributed by atoms with Crippen molar-refractivity contribution in [2.45, 2.75) is 39.7 Å². The van der Waals surface area contributed by atoms with Gasteiger partial charge in [-0.2, -0.15) is 0 Å². The zero-order chi connectivity index (χ0) is 12.0. The van der Waals surface area contributed by atoms with Crippen molar-refractivity contribution >= 4 is 15.9 Å². The van der Waals surface area contributed by atoms with Crippen LogP contribution in [0.25, 0.3) is 0 Å². The quantitative estimate of drug-likeness (QED) is 0.866. The van der Waals surface area contributed by atoms with Gasteiger partial charge >= 0.3 is 0 Å². The van der Waals surface area contributed by atoms with Crippen LogP contribution in [-0.2, 0) is 6.42 Å². The second-order valence-corrected chi connectivity index (χ2v) is 5.59. The van der Waals surface area contributed by atoms with Gasteiger partial charge in [0.15, 0.2) is 0 Å². The van der Waals surface area contributed by atoms with Gasteiger partial charge in [-0.1, -0.05) is 20.8 Å². The van der Waals surface area contributed by atoms with Gasteiger partial charge in [-0.05, 0) is 53.4 Å². The first-order chi connectivity index (χ1) is 7.58. The largest absolute Gasteiger partial charge is 0.314 e. The molecular weight excluding hydrogens is 264 g/mol. The number of aryl methyl sites for hydroxylation is 1. The van der Waals surface area contributed by atoms with Crippen LogP contribution in [0.1, 0.15) is 32.9 Å². The van der Waals surface area contributed by atoms with E-state index in [1.165, 1.54) is 12.1 Å². The monoisotopic (exact) mass is 284 g/mol. The lowest BCUT2D eigenvalue weighted by molar-refractivity contribution is 0.452. The van der Waals surface area contributed by atoms with E-state index in [1.807, 2.05) is 6.20 Å². The molecule has 90 valence electrons. The zero-order valence-electron chi connectivity index (χ0n) is 10.3. The van der Waals surface area contributed by atoms with Gasteiger partial charge in [-0.3, -0.25) is 4.98 Å². The molecule has 2 nitrogen and oxygen atoms in total. The Morgan fingerprint density at radius 3 is 2.62 bits per heavy atom. The summed E-state index contributed by atoms with van der Waals surface area (Å²) >= 11 is 3.39. The van der Waals surface area contributed by atoms with Gasteiger partial charge in [-0.25, -0.2) is 0 Å². The summed E-state index contributed by atoms with van der Waals surface area (Å²) in [6, 6.07) is 4.72. The number of rotatable bonds is 6. The van der Waals surface area contributed by atoms with E-state index in [2.05, 4.69) is 59.1 Å². The van der Waals surface area contributed by atoms with Crippen molar-refractivity contribution < 1.29 is 0 Å². The average Bonchev–Trinajstić information content (AvgIpc) is 2.25. The summed E-state index contributed by atoms with van der Waals surface area (Å²) in [6.07, 6.45) is 4.12. The van der Waals surface area contributed by atoms with E-state index in [4.69, 9.17) is 0 Å². The van der Waals surface area contributed by atoms with E-state index < -0.39 is 0 Å². The van der Waals surface area contributed by atoms with Gasteiger partial charge in [0.1, 0.15) is 0 Å². The molecule has 0 aliphatic carbocycles. The van der Waals surface area contributed by atoms with Gasteiger partial charge in [0.05, 0.1) is 0 Å². The summed E-state index contributed by atoms with van der Waals surface area (Å²) in [5.74, 6) is 0.702. The molecule has 0 aliphatic heterocycles. The van der Waals surface area contributed by atoms with Crippen LogP contribution < -0.4 is 5.32 Å². The minimum Gasteiger partial charge on any atom is -0.314 e. The molecule has 0 amide bonds. The predicted octanol–water partition coefficient (Wildman–Crippen LogP) is 3.41. The number of halogens is 1. The maximum Gasteiger partial charge on any atom is 0.0413 e. The summed E-state index contributed by atoms with van der Waals surface area (Å²) < 4.78 is 1.05. The van der Waals surface area contributed by atoms with Crippen molar-refractivity contribution in [1.29, 1.82) is 0 Å². The summed E-state index contributed by atoms with van der Waals surface area (Å²) in [4.78, 5) is 4.38. The Morgan fingerprint density at radius 2 is 2.06 bits per heavy atom. The normalized spacial score (nSPS) is 13.1. The Labute approximate surface area is 107 Å². The third-order valence-corrected chi connectivity index (χ3v) is 3.03. The first-order valence-electron chi connectivity index (χ1n) is 5.91. The molecule has 1 rings (SSSR count). The minimum atomic E-state index is 0.577. The molecule has 0 fully saturated rings. The molecule has 1 aromatic heterocycles. The van der Waals surface area contributed by atoms with Crippen LogP contribution in [0.2, 0.25) is 0 Å². The molecule has 1 N–H and O–H groups in total. The SMILES string of the molecule is CC(CCc1ccc(Br)cn1)CNC(C)C. The fraction of sp³-hybridized carbons (Fsp3) is 0.615. The van der Waals surface area contributed by atoms with Crippen LogP contribution >= 0.6 is 15.9 Å². The minimum absolute atomic E-state index is 0.577. The van der Waals surface area contributed by atoms with Crippen molar-refractivity contribution in [2.75, 3.05) is 6.54 Å². The third kappa shape index (κ3) is 5.61. The highest BCUT2D eigenvalue weighted by molar-refractivity contribution is 9.10. The third-order valence-electron chi connectivity index (χ3n) is 2.56. The van der Waals surface area contributed by atoms with Crippen LogP contribution in [0, 0.1) is 5.92 Å². The smallest absolute Gasteiger partial charge is 0.0413 e. The molecule has 1 aromatic rings. The Morgan fingerprint density at radius 1 is 1.31 bits per heavy atom. The molecule has 0 saturated heterocycles. The van der Waals surface area contributed by atoms with Crippen molar-refractivity contribution in [3.8, 4) is 0 Å². The lowest BCUT2D eigenvalue weighted by Crippen LogP contribution is -2.28. The highest BCUT2D eigenvalue weighted by Crippen LogP contribution is 2.11. The summed E-state index contributed by atoms with van der Waals surface area (Å²) in [5.41, 5.74) is 1.18. The fourth-order valence-corrected chi connectivity index (χ4v) is 1.72. The average molecular weight is 285 g/mol. The van der Waals surface area contributed by atoms with E-state index in [9.17, 15) is 0 Å². The van der Waals surface area contributed by atoms with E-state index in [0.29, 0.717) is 12.0 Å². The first kappa shape index (κ1) is 13.7. The number of pyridine rings is 1. The second kappa shape index (κ2) is 7.02. The van der Waals surface area contributed by atoms with E-state index in [0.717, 1.165) is 17.4 Å². The van der Waals surface area contributed by atoms with Crippen molar-refractivity contribution in [1.82, 2.24) is 10.3 Å². The maximum atomic E-state index is 4.38. The summed E-state index contributed by atoms with van der Waals surface area (Å²) in [6.45, 7) is 7.74. The van der Waals surface area contributed by atoms with Crippen molar-refractivity contribution in [3.05, 3.63) is 28.5 Å². The maximum absolute atomic E-state index is 4.38. The molecule has 0 spiro atoms. The van der Waals surface area contributed by atoms with E-state index in [1.54, 1.807) is 0 Å². The van der Waals surface area contributed by atoms with Crippen LogP contribution in [0.4, 0.5) is 0 Å². The number of nitrogens with zero attached hydrogens (tertiary/aromatic N) is 1. The lowest BCUT2D eigenvalue weighted by atomic mass is 10.0. The Balaban J connectivity index is 2.26. The molecule has 0 bridgehead atoms. The van der Waals surface area contributed by atoms with Crippen LogP contribution in [0.3, 0.4) is 0 Å².